The second-order valence-corrected chi connectivity index (χ2v) is 6.37. The summed E-state index contributed by atoms with van der Waals surface area (Å²) in [7, 11) is 0. The standard InChI is InChI=1S/C15H22OS/c1-10(2)13(14(16)17)11-6-8-12(9-7-11)15(3,4)5/h6-10,13H,1-5H3,(H,16,17). The van der Waals surface area contributed by atoms with E-state index >= 15 is 0 Å². The Kier molecular flexibility index (Phi) is 4.42. The van der Waals surface area contributed by atoms with Crippen LogP contribution < -0.4 is 0 Å². The van der Waals surface area contributed by atoms with Crippen LogP contribution in [0.3, 0.4) is 0 Å². The lowest BCUT2D eigenvalue weighted by molar-refractivity contribution is -0.112. The summed E-state index contributed by atoms with van der Waals surface area (Å²) in [6.45, 7) is 10.7. The first kappa shape index (κ1) is 14.3. The highest BCUT2D eigenvalue weighted by Gasteiger charge is 2.22. The van der Waals surface area contributed by atoms with Gasteiger partial charge >= 0.3 is 0 Å². The molecule has 17 heavy (non-hydrogen) atoms. The monoisotopic (exact) mass is 250 g/mol. The van der Waals surface area contributed by atoms with Crippen LogP contribution in [-0.4, -0.2) is 5.12 Å². The van der Waals surface area contributed by atoms with Crippen molar-refractivity contribution in [3.05, 3.63) is 35.4 Å². The molecular formula is C15H22OS. The zero-order valence-electron chi connectivity index (χ0n) is 11.3. The van der Waals surface area contributed by atoms with Crippen molar-refractivity contribution in [1.29, 1.82) is 0 Å². The molecule has 0 N–H and O–H groups in total. The van der Waals surface area contributed by atoms with Crippen molar-refractivity contribution in [3.8, 4) is 0 Å². The van der Waals surface area contributed by atoms with Gasteiger partial charge in [-0.05, 0) is 22.5 Å². The molecule has 0 saturated heterocycles. The Hall–Kier alpha value is -0.760. The molecule has 2 heteroatoms. The van der Waals surface area contributed by atoms with Crippen LogP contribution in [0.2, 0.25) is 0 Å². The van der Waals surface area contributed by atoms with Gasteiger partial charge in [-0.1, -0.05) is 58.9 Å². The summed E-state index contributed by atoms with van der Waals surface area (Å²) < 4.78 is 0. The number of carbonyl (C=O) groups is 1. The zero-order valence-corrected chi connectivity index (χ0v) is 12.2. The van der Waals surface area contributed by atoms with Crippen molar-refractivity contribution < 1.29 is 4.79 Å². The number of hydrogen-bond donors (Lipinski definition) is 1. The Morgan fingerprint density at radius 2 is 1.59 bits per heavy atom. The maximum atomic E-state index is 11.5. The molecule has 0 amide bonds. The SMILES string of the molecule is CC(C)C(C(=O)S)c1ccc(C(C)(C)C)cc1. The molecule has 1 rings (SSSR count). The van der Waals surface area contributed by atoms with E-state index < -0.39 is 0 Å². The van der Waals surface area contributed by atoms with E-state index in [2.05, 4.69) is 71.5 Å². The molecular weight excluding hydrogens is 228 g/mol. The molecule has 1 aromatic rings. The van der Waals surface area contributed by atoms with E-state index in [9.17, 15) is 4.79 Å². The molecule has 0 aliphatic heterocycles. The van der Waals surface area contributed by atoms with Gasteiger partial charge in [0.2, 0.25) is 0 Å². The average Bonchev–Trinajstić information content (AvgIpc) is 2.15. The van der Waals surface area contributed by atoms with Gasteiger partial charge in [-0.15, -0.1) is 12.6 Å². The van der Waals surface area contributed by atoms with Crippen molar-refractivity contribution >= 4 is 17.7 Å². The zero-order chi connectivity index (χ0) is 13.2. The highest BCUT2D eigenvalue weighted by Crippen LogP contribution is 2.29. The minimum absolute atomic E-state index is 0.0523. The number of thiol groups is 1. The van der Waals surface area contributed by atoms with E-state index in [-0.39, 0.29) is 22.4 Å². The van der Waals surface area contributed by atoms with Crippen molar-refractivity contribution in [2.75, 3.05) is 0 Å². The number of benzene rings is 1. The molecule has 0 aromatic heterocycles. The van der Waals surface area contributed by atoms with Gasteiger partial charge in [-0.3, -0.25) is 4.79 Å². The Morgan fingerprint density at radius 3 is 1.88 bits per heavy atom. The van der Waals surface area contributed by atoms with E-state index in [0.29, 0.717) is 0 Å². The summed E-state index contributed by atoms with van der Waals surface area (Å²) in [5.74, 6) is 0.174. The molecule has 1 atom stereocenters. The summed E-state index contributed by atoms with van der Waals surface area (Å²) in [6.07, 6.45) is 0. The Balaban J connectivity index is 3.05. The molecule has 0 fully saturated rings. The van der Waals surface area contributed by atoms with Gasteiger partial charge in [-0.2, -0.15) is 0 Å². The number of carbonyl (C=O) groups excluding carboxylic acids is 1. The van der Waals surface area contributed by atoms with E-state index in [1.165, 1.54) is 5.56 Å². The van der Waals surface area contributed by atoms with Crippen LogP contribution >= 0.6 is 12.6 Å². The molecule has 0 radical (unpaired) electrons. The summed E-state index contributed by atoms with van der Waals surface area (Å²) in [5, 5.41) is -0.0523. The van der Waals surface area contributed by atoms with Gasteiger partial charge in [0.15, 0.2) is 5.12 Å². The fraction of sp³-hybridized carbons (Fsp3) is 0.533. The molecule has 0 spiro atoms. The van der Waals surface area contributed by atoms with Crippen molar-refractivity contribution in [2.45, 2.75) is 46.0 Å². The number of rotatable bonds is 3. The van der Waals surface area contributed by atoms with Crippen LogP contribution in [0.4, 0.5) is 0 Å². The molecule has 0 saturated carbocycles. The molecule has 94 valence electrons. The Labute approximate surface area is 110 Å². The molecule has 1 unspecified atom stereocenters. The first-order valence-electron chi connectivity index (χ1n) is 6.06. The van der Waals surface area contributed by atoms with E-state index in [0.717, 1.165) is 5.56 Å². The smallest absolute Gasteiger partial charge is 0.193 e. The lowest BCUT2D eigenvalue weighted by atomic mass is 9.84. The first-order chi connectivity index (χ1) is 7.73. The third-order valence-electron chi connectivity index (χ3n) is 3.07. The summed E-state index contributed by atoms with van der Waals surface area (Å²) in [6, 6.07) is 8.33. The highest BCUT2D eigenvalue weighted by molar-refractivity contribution is 7.96. The van der Waals surface area contributed by atoms with Crippen LogP contribution in [0, 0.1) is 5.92 Å². The molecule has 1 nitrogen and oxygen atoms in total. The van der Waals surface area contributed by atoms with Crippen LogP contribution in [0.15, 0.2) is 24.3 Å². The van der Waals surface area contributed by atoms with Gasteiger partial charge in [0.1, 0.15) is 0 Å². The summed E-state index contributed by atoms with van der Waals surface area (Å²) in [4.78, 5) is 11.5. The molecule has 0 aliphatic carbocycles. The predicted molar refractivity (Wildman–Crippen MR) is 76.7 cm³/mol. The molecule has 0 aliphatic rings. The summed E-state index contributed by atoms with van der Waals surface area (Å²) in [5.41, 5.74) is 2.50. The predicted octanol–water partition coefficient (Wildman–Crippen LogP) is 4.18. The van der Waals surface area contributed by atoms with E-state index in [1.807, 2.05) is 0 Å². The highest BCUT2D eigenvalue weighted by atomic mass is 32.1. The lowest BCUT2D eigenvalue weighted by Gasteiger charge is -2.22. The maximum absolute atomic E-state index is 11.5. The van der Waals surface area contributed by atoms with Gasteiger partial charge in [0.25, 0.3) is 0 Å². The van der Waals surface area contributed by atoms with Crippen LogP contribution in [0.5, 0.6) is 0 Å². The second-order valence-electron chi connectivity index (χ2n) is 5.93. The second kappa shape index (κ2) is 5.26. The quantitative estimate of drug-likeness (QED) is 0.796. The van der Waals surface area contributed by atoms with Crippen LogP contribution in [-0.2, 0) is 10.2 Å². The first-order valence-corrected chi connectivity index (χ1v) is 6.51. The Morgan fingerprint density at radius 1 is 1.12 bits per heavy atom. The molecule has 1 aromatic carbocycles. The van der Waals surface area contributed by atoms with Gasteiger partial charge < -0.3 is 0 Å². The largest absolute Gasteiger partial charge is 0.287 e. The minimum Gasteiger partial charge on any atom is -0.287 e. The number of hydrogen-bond acceptors (Lipinski definition) is 1. The fourth-order valence-electron chi connectivity index (χ4n) is 2.00. The normalized spacial score (nSPS) is 13.8. The lowest BCUT2D eigenvalue weighted by Crippen LogP contribution is -2.15. The third kappa shape index (κ3) is 3.60. The van der Waals surface area contributed by atoms with Crippen molar-refractivity contribution in [3.63, 3.8) is 0 Å². The van der Waals surface area contributed by atoms with Crippen molar-refractivity contribution in [1.82, 2.24) is 0 Å². The fourth-order valence-corrected chi connectivity index (χ4v) is 2.45. The topological polar surface area (TPSA) is 17.1 Å². The van der Waals surface area contributed by atoms with Crippen LogP contribution in [0.1, 0.15) is 51.7 Å². The minimum atomic E-state index is -0.104. The third-order valence-corrected chi connectivity index (χ3v) is 3.35. The average molecular weight is 250 g/mol. The van der Waals surface area contributed by atoms with Gasteiger partial charge in [0, 0.05) is 0 Å². The summed E-state index contributed by atoms with van der Waals surface area (Å²) >= 11 is 3.99. The van der Waals surface area contributed by atoms with Gasteiger partial charge in [-0.25, -0.2) is 0 Å². The van der Waals surface area contributed by atoms with Crippen molar-refractivity contribution in [2.24, 2.45) is 5.92 Å². The molecule has 0 bridgehead atoms. The van der Waals surface area contributed by atoms with Gasteiger partial charge in [0.05, 0.1) is 5.92 Å². The van der Waals surface area contributed by atoms with Crippen LogP contribution in [0.25, 0.3) is 0 Å². The Bertz CT molecular complexity index is 384. The van der Waals surface area contributed by atoms with E-state index in [1.54, 1.807) is 0 Å². The van der Waals surface area contributed by atoms with E-state index in [4.69, 9.17) is 0 Å². The maximum Gasteiger partial charge on any atom is 0.193 e. The molecule has 0 heterocycles.